The van der Waals surface area contributed by atoms with E-state index in [-0.39, 0.29) is 11.7 Å². The number of amides is 1. The number of anilines is 1. The van der Waals surface area contributed by atoms with Crippen LogP contribution in [0, 0.1) is 12.7 Å². The highest BCUT2D eigenvalue weighted by Gasteiger charge is 2.11. The zero-order chi connectivity index (χ0) is 21.1. The molecule has 4 aromatic rings. The smallest absolute Gasteiger partial charge is 0.254 e. The first-order valence-corrected chi connectivity index (χ1v) is 9.76. The molecule has 0 radical (unpaired) electrons. The molecule has 152 valence electrons. The van der Waals surface area contributed by atoms with E-state index in [0.29, 0.717) is 18.1 Å². The summed E-state index contributed by atoms with van der Waals surface area (Å²) >= 11 is 0. The SMILES string of the molecule is CCNc1ncc(C(=O)NCc2ccc3[nH]c(-c4ccc(F)cc4)c(C)c3c2)cn1. The van der Waals surface area contributed by atoms with E-state index >= 15 is 0 Å². The van der Waals surface area contributed by atoms with Crippen LogP contribution >= 0.6 is 0 Å². The first kappa shape index (κ1) is 19.6. The van der Waals surface area contributed by atoms with Gasteiger partial charge in [-0.3, -0.25) is 4.79 Å². The van der Waals surface area contributed by atoms with Crippen LogP contribution in [0.3, 0.4) is 0 Å². The van der Waals surface area contributed by atoms with Crippen LogP contribution in [-0.4, -0.2) is 27.4 Å². The highest BCUT2D eigenvalue weighted by Crippen LogP contribution is 2.30. The van der Waals surface area contributed by atoms with Crippen LogP contribution in [0.1, 0.15) is 28.4 Å². The number of carbonyl (C=O) groups excluding carboxylic acids is 1. The number of rotatable bonds is 6. The number of nitrogens with zero attached hydrogens (tertiary/aromatic N) is 2. The van der Waals surface area contributed by atoms with Crippen molar-refractivity contribution in [3.05, 3.63) is 77.4 Å². The summed E-state index contributed by atoms with van der Waals surface area (Å²) in [4.78, 5) is 24.0. The molecule has 0 aliphatic heterocycles. The van der Waals surface area contributed by atoms with E-state index in [2.05, 4.69) is 31.7 Å². The summed E-state index contributed by atoms with van der Waals surface area (Å²) in [5, 5.41) is 6.97. The number of benzene rings is 2. The minimum absolute atomic E-state index is 0.226. The van der Waals surface area contributed by atoms with Gasteiger partial charge in [0, 0.05) is 42.1 Å². The quantitative estimate of drug-likeness (QED) is 0.445. The Labute approximate surface area is 173 Å². The second kappa shape index (κ2) is 8.32. The topological polar surface area (TPSA) is 82.7 Å². The Morgan fingerprint density at radius 2 is 1.83 bits per heavy atom. The van der Waals surface area contributed by atoms with Gasteiger partial charge in [-0.2, -0.15) is 0 Å². The molecule has 2 aromatic carbocycles. The number of halogens is 1. The van der Waals surface area contributed by atoms with Crippen LogP contribution in [0.15, 0.2) is 54.9 Å². The molecular formula is C23H22FN5O. The predicted molar refractivity (Wildman–Crippen MR) is 116 cm³/mol. The molecule has 0 unspecified atom stereocenters. The minimum atomic E-state index is -0.257. The van der Waals surface area contributed by atoms with Crippen LogP contribution in [-0.2, 0) is 6.54 Å². The maximum atomic E-state index is 13.2. The number of aromatic nitrogens is 3. The molecule has 0 saturated carbocycles. The van der Waals surface area contributed by atoms with Crippen molar-refractivity contribution in [2.24, 2.45) is 0 Å². The van der Waals surface area contributed by atoms with Gasteiger partial charge in [0.2, 0.25) is 5.95 Å². The Bertz CT molecular complexity index is 1180. The maximum absolute atomic E-state index is 13.2. The largest absolute Gasteiger partial charge is 0.355 e. The van der Waals surface area contributed by atoms with Gasteiger partial charge in [-0.15, -0.1) is 0 Å². The molecule has 0 bridgehead atoms. The Morgan fingerprint density at radius 3 is 2.53 bits per heavy atom. The van der Waals surface area contributed by atoms with Gasteiger partial charge in [-0.25, -0.2) is 14.4 Å². The first-order chi connectivity index (χ1) is 14.5. The number of hydrogen-bond donors (Lipinski definition) is 3. The number of nitrogens with one attached hydrogen (secondary N) is 3. The molecule has 0 spiro atoms. The van der Waals surface area contributed by atoms with E-state index in [1.54, 1.807) is 12.1 Å². The van der Waals surface area contributed by atoms with Crippen LogP contribution in [0.5, 0.6) is 0 Å². The Morgan fingerprint density at radius 1 is 1.10 bits per heavy atom. The molecule has 2 heterocycles. The molecule has 3 N–H and O–H groups in total. The third kappa shape index (κ3) is 4.00. The fourth-order valence-electron chi connectivity index (χ4n) is 3.37. The summed E-state index contributed by atoms with van der Waals surface area (Å²) < 4.78 is 13.2. The number of aryl methyl sites for hydroxylation is 1. The molecule has 4 rings (SSSR count). The zero-order valence-corrected chi connectivity index (χ0v) is 16.8. The lowest BCUT2D eigenvalue weighted by atomic mass is 10.0. The van der Waals surface area contributed by atoms with Crippen molar-refractivity contribution >= 4 is 22.8 Å². The van der Waals surface area contributed by atoms with E-state index in [9.17, 15) is 9.18 Å². The lowest BCUT2D eigenvalue weighted by Crippen LogP contribution is -2.23. The fraction of sp³-hybridized carbons (Fsp3) is 0.174. The molecular weight excluding hydrogens is 381 g/mol. The summed E-state index contributed by atoms with van der Waals surface area (Å²) in [7, 11) is 0. The van der Waals surface area contributed by atoms with Gasteiger partial charge in [0.15, 0.2) is 0 Å². The van der Waals surface area contributed by atoms with Crippen molar-refractivity contribution < 1.29 is 9.18 Å². The van der Waals surface area contributed by atoms with E-state index in [1.807, 2.05) is 26.0 Å². The number of H-pyrrole nitrogens is 1. The molecule has 30 heavy (non-hydrogen) atoms. The molecule has 0 aliphatic rings. The van der Waals surface area contributed by atoms with E-state index in [1.165, 1.54) is 24.5 Å². The number of fused-ring (bicyclic) bond motifs is 1. The molecule has 0 fully saturated rings. The second-order valence-corrected chi connectivity index (χ2v) is 7.02. The van der Waals surface area contributed by atoms with Crippen LogP contribution in [0.4, 0.5) is 10.3 Å². The monoisotopic (exact) mass is 403 g/mol. The molecule has 0 saturated heterocycles. The van der Waals surface area contributed by atoms with Gasteiger partial charge in [0.05, 0.1) is 5.56 Å². The number of hydrogen-bond acceptors (Lipinski definition) is 4. The predicted octanol–water partition coefficient (Wildman–Crippen LogP) is 4.43. The van der Waals surface area contributed by atoms with Crippen molar-refractivity contribution in [1.29, 1.82) is 0 Å². The van der Waals surface area contributed by atoms with Crippen molar-refractivity contribution in [1.82, 2.24) is 20.3 Å². The summed E-state index contributed by atoms with van der Waals surface area (Å²) in [5.41, 5.74) is 5.36. The molecule has 1 amide bonds. The Hall–Kier alpha value is -3.74. The summed E-state index contributed by atoms with van der Waals surface area (Å²) in [6.07, 6.45) is 3.02. The van der Waals surface area contributed by atoms with Crippen molar-refractivity contribution in [3.63, 3.8) is 0 Å². The molecule has 7 heteroatoms. The molecule has 0 aliphatic carbocycles. The van der Waals surface area contributed by atoms with Gasteiger partial charge in [-0.05, 0) is 66.9 Å². The van der Waals surface area contributed by atoms with E-state index in [4.69, 9.17) is 0 Å². The van der Waals surface area contributed by atoms with Gasteiger partial charge < -0.3 is 15.6 Å². The third-order valence-electron chi connectivity index (χ3n) is 4.96. The standard InChI is InChI=1S/C23H22FN5O/c1-3-25-23-27-12-17(13-28-23)22(30)26-11-15-4-9-20-19(10-15)14(2)21(29-20)16-5-7-18(24)8-6-16/h4-10,12-13,29H,3,11H2,1-2H3,(H,26,30)(H,25,27,28). The average molecular weight is 403 g/mol. The highest BCUT2D eigenvalue weighted by molar-refractivity contribution is 5.94. The summed E-state index contributed by atoms with van der Waals surface area (Å²) in [5.74, 6) is 0.0162. The summed E-state index contributed by atoms with van der Waals surface area (Å²) in [6, 6.07) is 12.4. The summed E-state index contributed by atoms with van der Waals surface area (Å²) in [6.45, 7) is 5.09. The van der Waals surface area contributed by atoms with Crippen LogP contribution in [0.2, 0.25) is 0 Å². The lowest BCUT2D eigenvalue weighted by Gasteiger charge is -2.06. The normalized spacial score (nSPS) is 10.9. The van der Waals surface area contributed by atoms with Crippen LogP contribution < -0.4 is 10.6 Å². The van der Waals surface area contributed by atoms with E-state index in [0.717, 1.165) is 39.8 Å². The maximum Gasteiger partial charge on any atom is 0.254 e. The molecule has 2 aromatic heterocycles. The Kier molecular flexibility index (Phi) is 5.43. The van der Waals surface area contributed by atoms with Gasteiger partial charge >= 0.3 is 0 Å². The lowest BCUT2D eigenvalue weighted by molar-refractivity contribution is 0.0950. The third-order valence-corrected chi connectivity index (χ3v) is 4.96. The Balaban J connectivity index is 1.50. The second-order valence-electron chi connectivity index (χ2n) is 7.02. The first-order valence-electron chi connectivity index (χ1n) is 9.76. The fourth-order valence-corrected chi connectivity index (χ4v) is 3.37. The van der Waals surface area contributed by atoms with Gasteiger partial charge in [0.25, 0.3) is 5.91 Å². The van der Waals surface area contributed by atoms with Gasteiger partial charge in [-0.1, -0.05) is 6.07 Å². The van der Waals surface area contributed by atoms with Crippen molar-refractivity contribution in [2.75, 3.05) is 11.9 Å². The highest BCUT2D eigenvalue weighted by atomic mass is 19.1. The van der Waals surface area contributed by atoms with Crippen molar-refractivity contribution in [2.45, 2.75) is 20.4 Å². The van der Waals surface area contributed by atoms with Crippen molar-refractivity contribution in [3.8, 4) is 11.3 Å². The van der Waals surface area contributed by atoms with Crippen LogP contribution in [0.25, 0.3) is 22.2 Å². The zero-order valence-electron chi connectivity index (χ0n) is 16.8. The minimum Gasteiger partial charge on any atom is -0.355 e. The molecule has 0 atom stereocenters. The average Bonchev–Trinajstić information content (AvgIpc) is 3.09. The number of carbonyl (C=O) groups is 1. The van der Waals surface area contributed by atoms with E-state index < -0.39 is 0 Å². The van der Waals surface area contributed by atoms with Gasteiger partial charge in [0.1, 0.15) is 5.82 Å². The molecule has 6 nitrogen and oxygen atoms in total. The number of aromatic amines is 1.